The summed E-state index contributed by atoms with van der Waals surface area (Å²) in [4.78, 5) is 12.6. The average molecular weight is 468 g/mol. The van der Waals surface area contributed by atoms with E-state index in [0.29, 0.717) is 11.0 Å². The summed E-state index contributed by atoms with van der Waals surface area (Å²) in [6.07, 6.45) is 1.71. The predicted octanol–water partition coefficient (Wildman–Crippen LogP) is 4.72. The maximum absolute atomic E-state index is 12.6. The molecule has 3 rings (SSSR count). The monoisotopic (exact) mass is 467 g/mol. The van der Waals surface area contributed by atoms with Gasteiger partial charge in [0.1, 0.15) is 12.4 Å². The molecule has 8 heteroatoms. The number of benzene rings is 2. The molecule has 0 aliphatic heterocycles. The van der Waals surface area contributed by atoms with E-state index in [-0.39, 0.29) is 23.7 Å². The Morgan fingerprint density at radius 3 is 2.27 bits per heavy atom. The number of anilines is 1. The molecule has 33 heavy (non-hydrogen) atoms. The van der Waals surface area contributed by atoms with Crippen molar-refractivity contribution < 1.29 is 9.53 Å². The summed E-state index contributed by atoms with van der Waals surface area (Å²) >= 11 is 1.25. The molecule has 1 amide bonds. The van der Waals surface area contributed by atoms with Crippen molar-refractivity contribution in [3.8, 4) is 5.75 Å². The van der Waals surface area contributed by atoms with Crippen molar-refractivity contribution in [2.24, 2.45) is 0 Å². The van der Waals surface area contributed by atoms with Crippen molar-refractivity contribution >= 4 is 23.4 Å². The molecule has 1 aromatic heterocycles. The van der Waals surface area contributed by atoms with Gasteiger partial charge in [-0.15, -0.1) is 10.2 Å². The second-order valence-electron chi connectivity index (χ2n) is 8.83. The molecule has 7 nitrogen and oxygen atoms in total. The predicted molar refractivity (Wildman–Crippen MR) is 134 cm³/mol. The zero-order valence-corrected chi connectivity index (χ0v) is 20.8. The topological polar surface area (TPSA) is 95.1 Å². The number of nitrogens with zero attached hydrogens (tertiary/aromatic N) is 3. The minimum atomic E-state index is -0.102. The molecule has 0 spiro atoms. The van der Waals surface area contributed by atoms with Crippen LogP contribution in [0, 0.1) is 0 Å². The van der Waals surface area contributed by atoms with Crippen LogP contribution in [-0.4, -0.2) is 26.5 Å². The van der Waals surface area contributed by atoms with Gasteiger partial charge in [0.05, 0.1) is 5.75 Å². The lowest BCUT2D eigenvalue weighted by molar-refractivity contribution is -0.113. The molecule has 0 aliphatic rings. The molecule has 0 bridgehead atoms. The van der Waals surface area contributed by atoms with Gasteiger partial charge in [-0.1, -0.05) is 76.7 Å². The molecule has 3 N–H and O–H groups in total. The highest BCUT2D eigenvalue weighted by atomic mass is 32.2. The van der Waals surface area contributed by atoms with E-state index in [1.807, 2.05) is 30.3 Å². The van der Waals surface area contributed by atoms with E-state index in [4.69, 9.17) is 10.6 Å². The van der Waals surface area contributed by atoms with E-state index in [9.17, 15) is 4.79 Å². The third kappa shape index (κ3) is 6.28. The van der Waals surface area contributed by atoms with Gasteiger partial charge in [-0.25, -0.2) is 4.68 Å². The van der Waals surface area contributed by atoms with Crippen LogP contribution in [0.15, 0.2) is 47.6 Å². The number of aromatic nitrogens is 3. The maximum Gasteiger partial charge on any atom is 0.234 e. The standard InChI is InChI=1S/C25H33N5O2S/c1-6-17-9-8-10-18(7-2)23(17)27-22(31)16-33-24-29-28-21(30(24)26)15-32-20-13-11-19(12-14-20)25(3,4)5/h8-14H,6-7,15-16,26H2,1-5H3,(H,27,31). The lowest BCUT2D eigenvalue weighted by Crippen LogP contribution is -2.19. The first-order chi connectivity index (χ1) is 15.7. The first kappa shape index (κ1) is 24.6. The lowest BCUT2D eigenvalue weighted by atomic mass is 9.87. The van der Waals surface area contributed by atoms with Crippen molar-refractivity contribution in [3.05, 3.63) is 65.0 Å². The van der Waals surface area contributed by atoms with E-state index in [1.54, 1.807) is 0 Å². The first-order valence-electron chi connectivity index (χ1n) is 11.2. The van der Waals surface area contributed by atoms with Crippen LogP contribution in [0.4, 0.5) is 5.69 Å². The van der Waals surface area contributed by atoms with Gasteiger partial charge in [-0.05, 0) is 47.1 Å². The third-order valence-electron chi connectivity index (χ3n) is 5.42. The summed E-state index contributed by atoms with van der Waals surface area (Å²) in [7, 11) is 0. The summed E-state index contributed by atoms with van der Waals surface area (Å²) in [6.45, 7) is 10.9. The molecule has 0 saturated carbocycles. The van der Waals surface area contributed by atoms with Gasteiger partial charge in [0.2, 0.25) is 11.1 Å². The Hall–Kier alpha value is -3.00. The van der Waals surface area contributed by atoms with Crippen LogP contribution in [0.25, 0.3) is 0 Å². The smallest absolute Gasteiger partial charge is 0.234 e. The van der Waals surface area contributed by atoms with Crippen LogP contribution in [0.3, 0.4) is 0 Å². The van der Waals surface area contributed by atoms with Crippen LogP contribution >= 0.6 is 11.8 Å². The Kier molecular flexibility index (Phi) is 8.02. The van der Waals surface area contributed by atoms with Crippen LogP contribution in [0.2, 0.25) is 0 Å². The van der Waals surface area contributed by atoms with Gasteiger partial charge < -0.3 is 15.9 Å². The number of carbonyl (C=O) groups is 1. The Morgan fingerprint density at radius 1 is 1.06 bits per heavy atom. The Labute approximate surface area is 200 Å². The van der Waals surface area contributed by atoms with E-state index >= 15 is 0 Å². The normalized spacial score (nSPS) is 11.4. The number of rotatable bonds is 9. The largest absolute Gasteiger partial charge is 0.486 e. The van der Waals surface area contributed by atoms with Gasteiger partial charge >= 0.3 is 0 Å². The summed E-state index contributed by atoms with van der Waals surface area (Å²) < 4.78 is 7.19. The summed E-state index contributed by atoms with van der Waals surface area (Å²) in [5.74, 6) is 7.45. The van der Waals surface area contributed by atoms with Crippen molar-refractivity contribution in [1.82, 2.24) is 14.9 Å². The number of thioether (sulfide) groups is 1. The zero-order chi connectivity index (χ0) is 24.0. The average Bonchev–Trinajstić information content (AvgIpc) is 3.15. The van der Waals surface area contributed by atoms with E-state index in [2.05, 4.69) is 62.3 Å². The highest BCUT2D eigenvalue weighted by Crippen LogP contribution is 2.25. The van der Waals surface area contributed by atoms with Crippen molar-refractivity contribution in [2.75, 3.05) is 16.9 Å². The molecule has 0 unspecified atom stereocenters. The quantitative estimate of drug-likeness (QED) is 0.349. The van der Waals surface area contributed by atoms with Crippen molar-refractivity contribution in [2.45, 2.75) is 64.6 Å². The molecular formula is C25H33N5O2S. The van der Waals surface area contributed by atoms with Gasteiger partial charge in [-0.2, -0.15) is 0 Å². The summed E-state index contributed by atoms with van der Waals surface area (Å²) in [5, 5.41) is 11.7. The maximum atomic E-state index is 12.6. The van der Waals surface area contributed by atoms with Crippen molar-refractivity contribution in [3.63, 3.8) is 0 Å². The number of aryl methyl sites for hydroxylation is 2. The molecule has 0 atom stereocenters. The fourth-order valence-electron chi connectivity index (χ4n) is 3.41. The van der Waals surface area contributed by atoms with Crippen LogP contribution in [0.5, 0.6) is 5.75 Å². The van der Waals surface area contributed by atoms with E-state index in [1.165, 1.54) is 22.0 Å². The molecular weight excluding hydrogens is 434 g/mol. The Morgan fingerprint density at radius 2 is 1.70 bits per heavy atom. The minimum absolute atomic E-state index is 0.0884. The SMILES string of the molecule is CCc1cccc(CC)c1NC(=O)CSc1nnc(COc2ccc(C(C)(C)C)cc2)n1N. The number of ether oxygens (including phenoxy) is 1. The second kappa shape index (κ2) is 10.7. The number of hydrogen-bond donors (Lipinski definition) is 2. The molecule has 0 aliphatic carbocycles. The number of para-hydroxylation sites is 1. The number of nitrogen functional groups attached to an aromatic ring is 1. The number of carbonyl (C=O) groups excluding carboxylic acids is 1. The molecule has 0 radical (unpaired) electrons. The molecule has 0 saturated heterocycles. The van der Waals surface area contributed by atoms with Crippen LogP contribution < -0.4 is 15.9 Å². The van der Waals surface area contributed by atoms with E-state index < -0.39 is 0 Å². The fraction of sp³-hybridized carbons (Fsp3) is 0.400. The van der Waals surface area contributed by atoms with E-state index in [0.717, 1.165) is 35.4 Å². The summed E-state index contributed by atoms with van der Waals surface area (Å²) in [5.41, 5.74) is 4.50. The molecule has 3 aromatic rings. The number of hydrogen-bond acceptors (Lipinski definition) is 6. The van der Waals surface area contributed by atoms with Crippen LogP contribution in [-0.2, 0) is 29.7 Å². The van der Waals surface area contributed by atoms with Crippen molar-refractivity contribution in [1.29, 1.82) is 0 Å². The highest BCUT2D eigenvalue weighted by Gasteiger charge is 2.16. The van der Waals surface area contributed by atoms with Gasteiger partial charge in [0.25, 0.3) is 0 Å². The second-order valence-corrected chi connectivity index (χ2v) is 9.77. The Balaban J connectivity index is 1.56. The van der Waals surface area contributed by atoms with Gasteiger partial charge in [0.15, 0.2) is 5.82 Å². The van der Waals surface area contributed by atoms with Gasteiger partial charge in [-0.3, -0.25) is 4.79 Å². The minimum Gasteiger partial charge on any atom is -0.486 e. The number of nitrogens with two attached hydrogens (primary N) is 1. The Bertz CT molecular complexity index is 1060. The highest BCUT2D eigenvalue weighted by molar-refractivity contribution is 7.99. The first-order valence-corrected chi connectivity index (χ1v) is 12.2. The molecule has 2 aromatic carbocycles. The number of nitrogens with one attached hydrogen (secondary N) is 1. The molecule has 1 heterocycles. The fourth-order valence-corrected chi connectivity index (χ4v) is 4.09. The zero-order valence-electron chi connectivity index (χ0n) is 20.0. The van der Waals surface area contributed by atoms with Gasteiger partial charge in [0, 0.05) is 5.69 Å². The lowest BCUT2D eigenvalue weighted by Gasteiger charge is -2.19. The number of amides is 1. The molecule has 0 fully saturated rings. The summed E-state index contributed by atoms with van der Waals surface area (Å²) in [6, 6.07) is 14.1. The molecule has 176 valence electrons. The van der Waals surface area contributed by atoms with Crippen LogP contribution in [0.1, 0.15) is 57.1 Å². The third-order valence-corrected chi connectivity index (χ3v) is 6.36.